The maximum absolute atomic E-state index is 2.47. The first-order chi connectivity index (χ1) is 22.5. The van der Waals surface area contributed by atoms with Gasteiger partial charge < -0.3 is 0 Å². The summed E-state index contributed by atoms with van der Waals surface area (Å²) >= 11 is 0. The van der Waals surface area contributed by atoms with Crippen LogP contribution < -0.4 is 0 Å². The predicted octanol–water partition coefficient (Wildman–Crippen LogP) is 12.6. The molecule has 0 aliphatic heterocycles. The highest BCUT2D eigenvalue weighted by molar-refractivity contribution is 6.21. The van der Waals surface area contributed by atoms with Gasteiger partial charge in [0.2, 0.25) is 0 Å². The van der Waals surface area contributed by atoms with Crippen LogP contribution in [0.3, 0.4) is 0 Å². The van der Waals surface area contributed by atoms with Crippen molar-refractivity contribution in [3.63, 3.8) is 0 Å². The number of fused-ring (bicyclic) bond motifs is 6. The molecule has 0 amide bonds. The van der Waals surface area contributed by atoms with Gasteiger partial charge in [-0.2, -0.15) is 0 Å². The molecule has 0 atom stereocenters. The Balaban J connectivity index is 1.21. The Morgan fingerprint density at radius 3 is 1.72 bits per heavy atom. The van der Waals surface area contributed by atoms with Crippen LogP contribution in [0.4, 0.5) is 0 Å². The summed E-state index contributed by atoms with van der Waals surface area (Å²) in [6.07, 6.45) is 6.84. The average Bonchev–Trinajstić information content (AvgIpc) is 3.31. The van der Waals surface area contributed by atoms with E-state index in [9.17, 15) is 0 Å². The summed E-state index contributed by atoms with van der Waals surface area (Å²) in [7, 11) is 0. The zero-order valence-electron chi connectivity index (χ0n) is 26.7. The summed E-state index contributed by atoms with van der Waals surface area (Å²) in [5.41, 5.74) is 17.4. The first kappa shape index (κ1) is 27.1. The zero-order valence-corrected chi connectivity index (χ0v) is 26.7. The van der Waals surface area contributed by atoms with Crippen LogP contribution in [0.25, 0.3) is 72.1 Å². The predicted molar refractivity (Wildman–Crippen MR) is 197 cm³/mol. The van der Waals surface area contributed by atoms with Gasteiger partial charge in [0.25, 0.3) is 0 Å². The summed E-state index contributed by atoms with van der Waals surface area (Å²) in [6, 6.07) is 48.2. The molecule has 0 nitrogen and oxygen atoms in total. The lowest BCUT2D eigenvalue weighted by Gasteiger charge is -2.23. The van der Waals surface area contributed by atoms with E-state index in [0.29, 0.717) is 0 Å². The van der Waals surface area contributed by atoms with E-state index in [1.54, 1.807) is 0 Å². The Morgan fingerprint density at radius 2 is 1.04 bits per heavy atom. The molecule has 0 spiro atoms. The van der Waals surface area contributed by atoms with Crippen LogP contribution in [0.5, 0.6) is 0 Å². The van der Waals surface area contributed by atoms with Crippen LogP contribution >= 0.6 is 0 Å². The molecule has 7 aromatic carbocycles. The van der Waals surface area contributed by atoms with Gasteiger partial charge in [-0.05, 0) is 120 Å². The Hall–Kier alpha value is -5.20. The number of benzene rings is 7. The molecule has 0 bridgehead atoms. The number of rotatable bonds is 3. The molecule has 0 aromatic heterocycles. The molecular weight excluding hydrogens is 553 g/mol. The van der Waals surface area contributed by atoms with E-state index in [0.717, 1.165) is 12.8 Å². The normalized spacial score (nSPS) is 14.3. The van der Waals surface area contributed by atoms with Crippen molar-refractivity contribution in [1.82, 2.24) is 0 Å². The van der Waals surface area contributed by atoms with E-state index in [1.807, 2.05) is 0 Å². The Bertz CT molecular complexity index is 2320. The number of hydrogen-bond acceptors (Lipinski definition) is 0. The van der Waals surface area contributed by atoms with Gasteiger partial charge >= 0.3 is 0 Å². The van der Waals surface area contributed by atoms with Gasteiger partial charge in [-0.1, -0.05) is 147 Å². The average molecular weight is 589 g/mol. The van der Waals surface area contributed by atoms with E-state index in [2.05, 4.69) is 160 Å². The van der Waals surface area contributed by atoms with Crippen LogP contribution in [0.2, 0.25) is 0 Å². The fourth-order valence-corrected chi connectivity index (χ4v) is 8.19. The second-order valence-corrected chi connectivity index (χ2v) is 13.7. The Morgan fingerprint density at radius 1 is 0.500 bits per heavy atom. The highest BCUT2D eigenvalue weighted by Crippen LogP contribution is 2.51. The SMILES string of the molecule is Cc1ccc2c(c1)C(C)(C)c1cc(-c3c4ccccc4c(-c4ccc(-c5ccc6c(c5)C=CCC6)cc4)c4ccccc34)ccc1-2. The lowest BCUT2D eigenvalue weighted by atomic mass is 9.80. The molecule has 2 aliphatic rings. The van der Waals surface area contributed by atoms with Gasteiger partial charge in [0.1, 0.15) is 0 Å². The van der Waals surface area contributed by atoms with Crippen molar-refractivity contribution in [3.05, 3.63) is 161 Å². The third kappa shape index (κ3) is 4.06. The summed E-state index contributed by atoms with van der Waals surface area (Å²) in [6.45, 7) is 6.96. The molecule has 7 aromatic rings. The van der Waals surface area contributed by atoms with Crippen LogP contribution in [0.15, 0.2) is 133 Å². The molecule has 46 heavy (non-hydrogen) atoms. The Kier molecular flexibility index (Phi) is 5.99. The zero-order chi connectivity index (χ0) is 31.0. The minimum Gasteiger partial charge on any atom is -0.0836 e. The molecule has 0 fully saturated rings. The molecule has 9 rings (SSSR count). The summed E-state index contributed by atoms with van der Waals surface area (Å²) in [4.78, 5) is 0. The van der Waals surface area contributed by atoms with Crippen LogP contribution in [0, 0.1) is 6.92 Å². The van der Waals surface area contributed by atoms with Gasteiger partial charge in [0.15, 0.2) is 0 Å². The van der Waals surface area contributed by atoms with Gasteiger partial charge in [-0.3, -0.25) is 0 Å². The van der Waals surface area contributed by atoms with Crippen molar-refractivity contribution in [2.45, 2.75) is 39.0 Å². The summed E-state index contributed by atoms with van der Waals surface area (Å²) in [5, 5.41) is 5.18. The molecule has 0 unspecified atom stereocenters. The third-order valence-electron chi connectivity index (χ3n) is 10.6. The largest absolute Gasteiger partial charge is 0.0836 e. The fraction of sp³-hybridized carbons (Fsp3) is 0.130. The molecule has 0 radical (unpaired) electrons. The smallest absolute Gasteiger partial charge is 0.0159 e. The van der Waals surface area contributed by atoms with Crippen molar-refractivity contribution in [1.29, 1.82) is 0 Å². The lowest BCUT2D eigenvalue weighted by molar-refractivity contribution is 0.660. The van der Waals surface area contributed by atoms with Crippen LogP contribution in [-0.2, 0) is 11.8 Å². The van der Waals surface area contributed by atoms with E-state index < -0.39 is 0 Å². The maximum atomic E-state index is 2.47. The Labute approximate surface area is 271 Å². The second kappa shape index (κ2) is 10.2. The highest BCUT2D eigenvalue weighted by atomic mass is 14.4. The first-order valence-electron chi connectivity index (χ1n) is 16.6. The number of aryl methyl sites for hydroxylation is 2. The van der Waals surface area contributed by atoms with E-state index in [-0.39, 0.29) is 5.41 Å². The minimum atomic E-state index is -0.0473. The molecular formula is C46H36. The second-order valence-electron chi connectivity index (χ2n) is 13.7. The quantitative estimate of drug-likeness (QED) is 0.180. The molecule has 220 valence electrons. The topological polar surface area (TPSA) is 0 Å². The molecule has 0 N–H and O–H groups in total. The molecule has 0 saturated heterocycles. The number of allylic oxidation sites excluding steroid dienone is 1. The van der Waals surface area contributed by atoms with Gasteiger partial charge in [-0.15, -0.1) is 0 Å². The van der Waals surface area contributed by atoms with E-state index in [4.69, 9.17) is 0 Å². The van der Waals surface area contributed by atoms with E-state index in [1.165, 1.54) is 93.9 Å². The monoisotopic (exact) mass is 588 g/mol. The van der Waals surface area contributed by atoms with Gasteiger partial charge in [0, 0.05) is 5.41 Å². The molecule has 0 heteroatoms. The van der Waals surface area contributed by atoms with Crippen LogP contribution in [0.1, 0.15) is 48.1 Å². The lowest BCUT2D eigenvalue weighted by Crippen LogP contribution is -2.15. The van der Waals surface area contributed by atoms with Crippen molar-refractivity contribution in [2.75, 3.05) is 0 Å². The summed E-state index contributed by atoms with van der Waals surface area (Å²) < 4.78 is 0. The molecule has 0 saturated carbocycles. The molecule has 2 aliphatic carbocycles. The summed E-state index contributed by atoms with van der Waals surface area (Å²) in [5.74, 6) is 0. The third-order valence-corrected chi connectivity index (χ3v) is 10.6. The maximum Gasteiger partial charge on any atom is 0.0159 e. The number of hydrogen-bond donors (Lipinski definition) is 0. The standard InChI is InChI=1S/C46H36/c1-29-16-24-36-37-25-23-35(28-43(37)46(2,3)42(36)26-29)45-40-14-8-6-12-38(40)44(39-13-7-9-15-41(39)45)32-20-17-31(18-21-32)34-22-19-30-10-4-5-11-33(30)27-34/h5-9,11-28H,4,10H2,1-3H3. The van der Waals surface area contributed by atoms with Crippen molar-refractivity contribution >= 4 is 27.6 Å². The van der Waals surface area contributed by atoms with E-state index >= 15 is 0 Å². The van der Waals surface area contributed by atoms with Crippen LogP contribution in [-0.4, -0.2) is 0 Å². The van der Waals surface area contributed by atoms with Crippen molar-refractivity contribution in [2.24, 2.45) is 0 Å². The minimum absolute atomic E-state index is 0.0473. The highest BCUT2D eigenvalue weighted by Gasteiger charge is 2.35. The van der Waals surface area contributed by atoms with Crippen molar-refractivity contribution in [3.8, 4) is 44.5 Å². The molecule has 0 heterocycles. The van der Waals surface area contributed by atoms with Gasteiger partial charge in [-0.25, -0.2) is 0 Å². The first-order valence-corrected chi connectivity index (χ1v) is 16.6. The van der Waals surface area contributed by atoms with Crippen molar-refractivity contribution < 1.29 is 0 Å². The van der Waals surface area contributed by atoms with Gasteiger partial charge in [0.05, 0.1) is 0 Å². The fourth-order valence-electron chi connectivity index (χ4n) is 8.19.